The summed E-state index contributed by atoms with van der Waals surface area (Å²) in [6.07, 6.45) is 0. The maximum absolute atomic E-state index is 12.7. The number of carbonyl (C=O) groups is 1. The lowest BCUT2D eigenvalue weighted by Crippen LogP contribution is -2.49. The van der Waals surface area contributed by atoms with Crippen molar-refractivity contribution < 1.29 is 4.79 Å². The lowest BCUT2D eigenvalue weighted by Gasteiger charge is -2.41. The Morgan fingerprint density at radius 2 is 1.92 bits per heavy atom. The van der Waals surface area contributed by atoms with Gasteiger partial charge in [0.05, 0.1) is 11.7 Å². The number of carbonyl (C=O) groups excluding carboxylic acids is 1. The molecule has 1 aromatic carbocycles. The van der Waals surface area contributed by atoms with Gasteiger partial charge < -0.3 is 10.2 Å². The second-order valence-electron chi connectivity index (χ2n) is 6.90. The Balaban J connectivity index is 1.60. The van der Waals surface area contributed by atoms with E-state index in [-0.39, 0.29) is 12.1 Å². The fourth-order valence-corrected chi connectivity index (χ4v) is 4.51. The van der Waals surface area contributed by atoms with Crippen molar-refractivity contribution >= 4 is 28.8 Å². The van der Waals surface area contributed by atoms with Crippen molar-refractivity contribution in [2.75, 3.05) is 45.1 Å². The molecule has 3 heterocycles. The minimum Gasteiger partial charge on any atom is -0.307 e. The largest absolute Gasteiger partial charge is 0.326 e. The number of piperazine rings is 1. The maximum atomic E-state index is 12.7. The molecular weight excluding hydrogens is 344 g/mol. The number of rotatable bonds is 4. The number of nitrogens with one attached hydrogen (secondary N) is 1. The number of urea groups is 1. The van der Waals surface area contributed by atoms with Gasteiger partial charge in [-0.2, -0.15) is 0 Å². The van der Waals surface area contributed by atoms with Crippen molar-refractivity contribution in [1.82, 2.24) is 14.7 Å². The number of thiophene rings is 1. The number of para-hydroxylation sites is 1. The van der Waals surface area contributed by atoms with E-state index >= 15 is 0 Å². The zero-order valence-corrected chi connectivity index (χ0v) is 15.8. The van der Waals surface area contributed by atoms with Crippen molar-refractivity contribution in [3.05, 3.63) is 58.8 Å². The molecule has 1 fully saturated rings. The van der Waals surface area contributed by atoms with E-state index in [2.05, 4.69) is 46.3 Å². The van der Waals surface area contributed by atoms with Crippen LogP contribution in [-0.4, -0.2) is 60.5 Å². The van der Waals surface area contributed by atoms with Gasteiger partial charge in [-0.25, -0.2) is 4.79 Å². The molecule has 0 spiro atoms. The van der Waals surface area contributed by atoms with Gasteiger partial charge >= 0.3 is 6.03 Å². The number of benzene rings is 1. The highest BCUT2D eigenvalue weighted by molar-refractivity contribution is 7.10. The van der Waals surface area contributed by atoms with Crippen LogP contribution in [0, 0.1) is 0 Å². The van der Waals surface area contributed by atoms with Crippen LogP contribution < -0.4 is 5.32 Å². The van der Waals surface area contributed by atoms with E-state index in [1.54, 1.807) is 16.2 Å². The van der Waals surface area contributed by atoms with Crippen LogP contribution in [-0.2, 0) is 0 Å². The van der Waals surface area contributed by atoms with E-state index in [1.807, 2.05) is 24.3 Å². The highest BCUT2D eigenvalue weighted by atomic mass is 32.1. The van der Waals surface area contributed by atoms with Gasteiger partial charge in [-0.1, -0.05) is 30.8 Å². The normalized spacial score (nSPS) is 20.0. The number of amides is 2. The van der Waals surface area contributed by atoms with Gasteiger partial charge in [0.25, 0.3) is 0 Å². The molecule has 26 heavy (non-hydrogen) atoms. The molecule has 2 aliphatic rings. The molecule has 0 bridgehead atoms. The molecule has 2 aliphatic heterocycles. The zero-order valence-electron chi connectivity index (χ0n) is 15.0. The highest BCUT2D eigenvalue weighted by Gasteiger charge is 2.32. The predicted octanol–water partition coefficient (Wildman–Crippen LogP) is 3.56. The van der Waals surface area contributed by atoms with Crippen LogP contribution in [0.15, 0.2) is 48.4 Å². The third kappa shape index (κ3) is 3.28. The standard InChI is InChI=1S/C20H24N4OS/c1-15-16-6-3-4-7-17(16)21-20(25)24(15)14-18(19-8-5-13-26-19)23-11-9-22(2)10-12-23/h3-8,13,18H,1,9-12,14H2,2H3,(H,21,25)/t18-/m1/s1. The first-order valence-corrected chi connectivity index (χ1v) is 9.84. The smallest absolute Gasteiger partial charge is 0.307 e. The molecule has 0 aliphatic carbocycles. The summed E-state index contributed by atoms with van der Waals surface area (Å²) in [5, 5.41) is 5.11. The number of hydrogen-bond donors (Lipinski definition) is 1. The first kappa shape index (κ1) is 17.3. The number of nitrogens with zero attached hydrogens (tertiary/aromatic N) is 3. The molecule has 136 valence electrons. The van der Waals surface area contributed by atoms with Crippen LogP contribution >= 0.6 is 11.3 Å². The number of fused-ring (bicyclic) bond motifs is 1. The first-order chi connectivity index (χ1) is 12.6. The van der Waals surface area contributed by atoms with Crippen molar-refractivity contribution in [1.29, 1.82) is 0 Å². The van der Waals surface area contributed by atoms with E-state index in [1.165, 1.54) is 4.88 Å². The molecule has 4 rings (SSSR count). The second-order valence-corrected chi connectivity index (χ2v) is 7.88. The summed E-state index contributed by atoms with van der Waals surface area (Å²) in [7, 11) is 2.16. The summed E-state index contributed by atoms with van der Waals surface area (Å²) in [5.41, 5.74) is 2.61. The quantitative estimate of drug-likeness (QED) is 0.897. The molecule has 0 unspecified atom stereocenters. The second kappa shape index (κ2) is 7.23. The number of hydrogen-bond acceptors (Lipinski definition) is 4. The van der Waals surface area contributed by atoms with Gasteiger partial charge in [-0.3, -0.25) is 9.80 Å². The minimum atomic E-state index is -0.0932. The molecule has 1 saturated heterocycles. The van der Waals surface area contributed by atoms with Crippen LogP contribution in [0.2, 0.25) is 0 Å². The summed E-state index contributed by atoms with van der Waals surface area (Å²) in [6, 6.07) is 12.2. The fraction of sp³-hybridized carbons (Fsp3) is 0.350. The Kier molecular flexibility index (Phi) is 4.80. The maximum Gasteiger partial charge on any atom is 0.326 e. The molecule has 5 nitrogen and oxygen atoms in total. The third-order valence-electron chi connectivity index (χ3n) is 5.26. The minimum absolute atomic E-state index is 0.0932. The Morgan fingerprint density at radius 1 is 1.15 bits per heavy atom. The van der Waals surface area contributed by atoms with Crippen LogP contribution in [0.4, 0.5) is 10.5 Å². The Bertz CT molecular complexity index is 796. The topological polar surface area (TPSA) is 38.8 Å². The van der Waals surface area contributed by atoms with Gasteiger partial charge in [0.1, 0.15) is 0 Å². The monoisotopic (exact) mass is 368 g/mol. The molecular formula is C20H24N4OS. The molecule has 6 heteroatoms. The van der Waals surface area contributed by atoms with Crippen LogP contribution in [0.25, 0.3) is 5.70 Å². The number of anilines is 1. The lowest BCUT2D eigenvalue weighted by molar-refractivity contribution is 0.102. The SMILES string of the molecule is C=C1c2ccccc2NC(=O)N1C[C@H](c1cccs1)N1CCN(C)CC1. The Labute approximate surface area is 158 Å². The molecule has 0 radical (unpaired) electrons. The van der Waals surface area contributed by atoms with Crippen molar-refractivity contribution in [2.45, 2.75) is 6.04 Å². The Morgan fingerprint density at radius 3 is 2.65 bits per heavy atom. The fourth-order valence-electron chi connectivity index (χ4n) is 3.66. The summed E-state index contributed by atoms with van der Waals surface area (Å²) in [4.78, 5) is 20.7. The van der Waals surface area contributed by atoms with Crippen LogP contribution in [0.5, 0.6) is 0 Å². The van der Waals surface area contributed by atoms with Crippen LogP contribution in [0.1, 0.15) is 16.5 Å². The predicted molar refractivity (Wildman–Crippen MR) is 107 cm³/mol. The third-order valence-corrected chi connectivity index (χ3v) is 6.23. The van der Waals surface area contributed by atoms with Crippen LogP contribution in [0.3, 0.4) is 0 Å². The van der Waals surface area contributed by atoms with E-state index < -0.39 is 0 Å². The van der Waals surface area contributed by atoms with Gasteiger partial charge in [0.2, 0.25) is 0 Å². The van der Waals surface area contributed by atoms with Crippen molar-refractivity contribution in [3.63, 3.8) is 0 Å². The van der Waals surface area contributed by atoms with E-state index in [9.17, 15) is 4.79 Å². The molecule has 2 aromatic rings. The molecule has 1 atom stereocenters. The molecule has 1 aromatic heterocycles. The van der Waals surface area contributed by atoms with Gasteiger partial charge in [0, 0.05) is 48.9 Å². The van der Waals surface area contributed by atoms with E-state index in [4.69, 9.17) is 0 Å². The van der Waals surface area contributed by atoms with Gasteiger partial charge in [-0.05, 0) is 24.6 Å². The molecule has 0 saturated carbocycles. The zero-order chi connectivity index (χ0) is 18.1. The Hall–Kier alpha value is -2.15. The van der Waals surface area contributed by atoms with E-state index in [0.29, 0.717) is 6.54 Å². The van der Waals surface area contributed by atoms with E-state index in [0.717, 1.165) is 43.1 Å². The first-order valence-electron chi connectivity index (χ1n) is 8.96. The van der Waals surface area contributed by atoms with Crippen molar-refractivity contribution in [2.24, 2.45) is 0 Å². The highest BCUT2D eigenvalue weighted by Crippen LogP contribution is 2.34. The molecule has 2 amide bonds. The van der Waals surface area contributed by atoms with Crippen molar-refractivity contribution in [3.8, 4) is 0 Å². The summed E-state index contributed by atoms with van der Waals surface area (Å²) >= 11 is 1.76. The molecule has 1 N–H and O–H groups in total. The average Bonchev–Trinajstić information content (AvgIpc) is 3.17. The average molecular weight is 369 g/mol. The summed E-state index contributed by atoms with van der Waals surface area (Å²) in [6.45, 7) is 8.96. The summed E-state index contributed by atoms with van der Waals surface area (Å²) in [5.74, 6) is 0. The lowest BCUT2D eigenvalue weighted by atomic mass is 10.1. The van der Waals surface area contributed by atoms with Gasteiger partial charge in [-0.15, -0.1) is 11.3 Å². The van der Waals surface area contributed by atoms with Gasteiger partial charge in [0.15, 0.2) is 0 Å². The number of likely N-dealkylation sites (N-methyl/N-ethyl adjacent to an activating group) is 1. The summed E-state index contributed by atoms with van der Waals surface area (Å²) < 4.78 is 0.